The molecule has 21 heavy (non-hydrogen) atoms. The van der Waals surface area contributed by atoms with Gasteiger partial charge in [0.1, 0.15) is 0 Å². The van der Waals surface area contributed by atoms with E-state index in [9.17, 15) is 4.79 Å². The van der Waals surface area contributed by atoms with E-state index in [2.05, 4.69) is 23.1 Å². The SMILES string of the molecule is Cc1cccc(C(=O)c2cccc(CN3CC=CC3)c2)c1. The first-order valence-electron chi connectivity index (χ1n) is 7.30. The molecule has 1 aliphatic rings. The van der Waals surface area contributed by atoms with Crippen LogP contribution in [-0.4, -0.2) is 23.8 Å². The standard InChI is InChI=1S/C19H19NO/c1-15-6-4-8-17(12-15)19(21)18-9-5-7-16(13-18)14-20-10-2-3-11-20/h2-9,12-13H,10-11,14H2,1H3. The van der Waals surface area contributed by atoms with Crippen LogP contribution in [-0.2, 0) is 6.54 Å². The van der Waals surface area contributed by atoms with Crippen molar-refractivity contribution in [3.05, 3.63) is 82.9 Å². The summed E-state index contributed by atoms with van der Waals surface area (Å²) in [6.45, 7) is 4.89. The van der Waals surface area contributed by atoms with Crippen LogP contribution in [0.25, 0.3) is 0 Å². The Morgan fingerprint density at radius 1 is 1.00 bits per heavy atom. The smallest absolute Gasteiger partial charge is 0.193 e. The lowest BCUT2D eigenvalue weighted by Crippen LogP contribution is -2.19. The molecule has 0 aliphatic carbocycles. The van der Waals surface area contributed by atoms with Crippen LogP contribution in [0, 0.1) is 6.92 Å². The quantitative estimate of drug-likeness (QED) is 0.628. The topological polar surface area (TPSA) is 20.3 Å². The van der Waals surface area contributed by atoms with Crippen molar-refractivity contribution in [1.29, 1.82) is 0 Å². The first-order valence-corrected chi connectivity index (χ1v) is 7.30. The Labute approximate surface area is 125 Å². The fourth-order valence-corrected chi connectivity index (χ4v) is 2.67. The highest BCUT2D eigenvalue weighted by atomic mass is 16.1. The number of rotatable bonds is 4. The van der Waals surface area contributed by atoms with Gasteiger partial charge in [0.05, 0.1) is 0 Å². The van der Waals surface area contributed by atoms with E-state index < -0.39 is 0 Å². The fourth-order valence-electron chi connectivity index (χ4n) is 2.67. The minimum Gasteiger partial charge on any atom is -0.292 e. The predicted molar refractivity (Wildman–Crippen MR) is 85.5 cm³/mol. The Hall–Kier alpha value is -2.19. The third kappa shape index (κ3) is 3.29. The zero-order valence-corrected chi connectivity index (χ0v) is 12.3. The van der Waals surface area contributed by atoms with Gasteiger partial charge in [-0.3, -0.25) is 9.69 Å². The molecule has 106 valence electrons. The van der Waals surface area contributed by atoms with Gasteiger partial charge in [0.25, 0.3) is 0 Å². The van der Waals surface area contributed by atoms with Gasteiger partial charge < -0.3 is 0 Å². The molecule has 0 N–H and O–H groups in total. The molecule has 0 atom stereocenters. The molecule has 3 rings (SSSR count). The van der Waals surface area contributed by atoms with Crippen molar-refractivity contribution in [2.75, 3.05) is 13.1 Å². The molecule has 0 amide bonds. The van der Waals surface area contributed by atoms with Gasteiger partial charge in [-0.1, -0.05) is 54.1 Å². The summed E-state index contributed by atoms with van der Waals surface area (Å²) in [7, 11) is 0. The molecule has 2 nitrogen and oxygen atoms in total. The molecule has 1 aliphatic heterocycles. The van der Waals surface area contributed by atoms with Crippen LogP contribution < -0.4 is 0 Å². The predicted octanol–water partition coefficient (Wildman–Crippen LogP) is 3.60. The largest absolute Gasteiger partial charge is 0.292 e. The summed E-state index contributed by atoms with van der Waals surface area (Å²) in [6.07, 6.45) is 4.36. The number of hydrogen-bond donors (Lipinski definition) is 0. The fraction of sp³-hybridized carbons (Fsp3) is 0.211. The van der Waals surface area contributed by atoms with Crippen molar-refractivity contribution in [3.63, 3.8) is 0 Å². The zero-order chi connectivity index (χ0) is 14.7. The molecule has 0 bridgehead atoms. The van der Waals surface area contributed by atoms with Crippen LogP contribution in [0.4, 0.5) is 0 Å². The average Bonchev–Trinajstić information content (AvgIpc) is 3.00. The molecule has 0 spiro atoms. The molecule has 0 unspecified atom stereocenters. The van der Waals surface area contributed by atoms with Gasteiger partial charge in [-0.25, -0.2) is 0 Å². The van der Waals surface area contributed by atoms with Crippen molar-refractivity contribution in [2.45, 2.75) is 13.5 Å². The normalized spacial score (nSPS) is 14.5. The van der Waals surface area contributed by atoms with Gasteiger partial charge in [0, 0.05) is 30.8 Å². The molecule has 2 aromatic rings. The second-order valence-corrected chi connectivity index (χ2v) is 5.56. The Morgan fingerprint density at radius 2 is 1.67 bits per heavy atom. The Morgan fingerprint density at radius 3 is 2.38 bits per heavy atom. The maximum absolute atomic E-state index is 12.6. The lowest BCUT2D eigenvalue weighted by molar-refractivity contribution is 0.103. The van der Waals surface area contributed by atoms with Crippen LogP contribution >= 0.6 is 0 Å². The van der Waals surface area contributed by atoms with E-state index in [1.54, 1.807) is 0 Å². The van der Waals surface area contributed by atoms with E-state index in [1.807, 2.05) is 49.4 Å². The minimum absolute atomic E-state index is 0.0973. The molecule has 0 aromatic heterocycles. The van der Waals surface area contributed by atoms with Crippen LogP contribution in [0.15, 0.2) is 60.7 Å². The Balaban J connectivity index is 1.80. The summed E-state index contributed by atoms with van der Waals surface area (Å²) in [4.78, 5) is 14.9. The van der Waals surface area contributed by atoms with Gasteiger partial charge in [-0.05, 0) is 24.6 Å². The van der Waals surface area contributed by atoms with Crippen molar-refractivity contribution in [1.82, 2.24) is 4.90 Å². The summed E-state index contributed by atoms with van der Waals surface area (Å²) < 4.78 is 0. The summed E-state index contributed by atoms with van der Waals surface area (Å²) in [5.41, 5.74) is 3.83. The molecular formula is C19H19NO. The molecule has 0 saturated carbocycles. The Bertz CT molecular complexity index is 679. The number of carbonyl (C=O) groups excluding carboxylic acids is 1. The van der Waals surface area contributed by atoms with E-state index in [0.717, 1.165) is 36.3 Å². The highest BCUT2D eigenvalue weighted by Gasteiger charge is 2.11. The molecule has 0 radical (unpaired) electrons. The van der Waals surface area contributed by atoms with Crippen molar-refractivity contribution in [3.8, 4) is 0 Å². The first kappa shape index (κ1) is 13.8. The van der Waals surface area contributed by atoms with Crippen LogP contribution in [0.5, 0.6) is 0 Å². The minimum atomic E-state index is 0.0973. The van der Waals surface area contributed by atoms with Gasteiger partial charge in [-0.15, -0.1) is 0 Å². The molecular weight excluding hydrogens is 258 g/mol. The number of carbonyl (C=O) groups is 1. The van der Waals surface area contributed by atoms with Crippen molar-refractivity contribution in [2.24, 2.45) is 0 Å². The number of ketones is 1. The van der Waals surface area contributed by atoms with Gasteiger partial charge in [0.2, 0.25) is 0 Å². The second-order valence-electron chi connectivity index (χ2n) is 5.56. The summed E-state index contributed by atoms with van der Waals surface area (Å²) in [5, 5.41) is 0. The van der Waals surface area contributed by atoms with Gasteiger partial charge in [-0.2, -0.15) is 0 Å². The second kappa shape index (κ2) is 6.06. The van der Waals surface area contributed by atoms with Crippen LogP contribution in [0.2, 0.25) is 0 Å². The molecule has 0 saturated heterocycles. The lowest BCUT2D eigenvalue weighted by atomic mass is 10.00. The molecule has 2 heteroatoms. The van der Waals surface area contributed by atoms with E-state index >= 15 is 0 Å². The number of benzene rings is 2. The number of aryl methyl sites for hydroxylation is 1. The molecule has 2 aromatic carbocycles. The van der Waals surface area contributed by atoms with Crippen LogP contribution in [0.1, 0.15) is 27.0 Å². The van der Waals surface area contributed by atoms with Crippen molar-refractivity contribution < 1.29 is 4.79 Å². The van der Waals surface area contributed by atoms with E-state index in [1.165, 1.54) is 5.56 Å². The third-order valence-corrected chi connectivity index (χ3v) is 3.77. The first-order chi connectivity index (χ1) is 10.2. The third-order valence-electron chi connectivity index (χ3n) is 3.77. The van der Waals surface area contributed by atoms with E-state index in [4.69, 9.17) is 0 Å². The Kier molecular flexibility index (Phi) is 3.98. The van der Waals surface area contributed by atoms with Crippen LogP contribution in [0.3, 0.4) is 0 Å². The molecule has 0 fully saturated rings. The summed E-state index contributed by atoms with van der Waals surface area (Å²) in [6, 6.07) is 15.7. The van der Waals surface area contributed by atoms with E-state index in [-0.39, 0.29) is 5.78 Å². The summed E-state index contributed by atoms with van der Waals surface area (Å²) >= 11 is 0. The molecule has 1 heterocycles. The van der Waals surface area contributed by atoms with Gasteiger partial charge in [0.15, 0.2) is 5.78 Å². The maximum atomic E-state index is 12.6. The highest BCUT2D eigenvalue weighted by Crippen LogP contribution is 2.15. The number of hydrogen-bond acceptors (Lipinski definition) is 2. The monoisotopic (exact) mass is 277 g/mol. The van der Waals surface area contributed by atoms with Gasteiger partial charge >= 0.3 is 0 Å². The van der Waals surface area contributed by atoms with E-state index in [0.29, 0.717) is 0 Å². The zero-order valence-electron chi connectivity index (χ0n) is 12.3. The summed E-state index contributed by atoms with van der Waals surface area (Å²) in [5.74, 6) is 0.0973. The van der Waals surface area contributed by atoms with Crippen molar-refractivity contribution >= 4 is 5.78 Å². The highest BCUT2D eigenvalue weighted by molar-refractivity contribution is 6.09. The average molecular weight is 277 g/mol. The lowest BCUT2D eigenvalue weighted by Gasteiger charge is -2.15. The maximum Gasteiger partial charge on any atom is 0.193 e. The number of nitrogens with zero attached hydrogens (tertiary/aromatic N) is 1.